The molecule has 0 spiro atoms. The van der Waals surface area contributed by atoms with Gasteiger partial charge in [-0.2, -0.15) is 11.8 Å². The Morgan fingerprint density at radius 2 is 2.54 bits per heavy atom. The Labute approximate surface area is 79.3 Å². The monoisotopic (exact) mass is 199 g/mol. The van der Waals surface area contributed by atoms with Crippen LogP contribution >= 0.6 is 11.8 Å². The second-order valence-corrected chi connectivity index (χ2v) is 4.01. The number of carboxylic acid groups (broad SMARTS) is 1. The standard InChI is InChI=1S/C8H9NO3S/c10-8(11)3-7-5-4-13-2-1-6(5)9-12-7/h1-4H2,(H,10,11). The predicted molar refractivity (Wildman–Crippen MR) is 47.7 cm³/mol. The number of rotatable bonds is 2. The highest BCUT2D eigenvalue weighted by Gasteiger charge is 2.20. The minimum atomic E-state index is -0.866. The fourth-order valence-electron chi connectivity index (χ4n) is 1.36. The van der Waals surface area contributed by atoms with Gasteiger partial charge in [-0.1, -0.05) is 5.16 Å². The summed E-state index contributed by atoms with van der Waals surface area (Å²) in [6, 6.07) is 0. The second-order valence-electron chi connectivity index (χ2n) is 2.90. The van der Waals surface area contributed by atoms with Gasteiger partial charge in [0.25, 0.3) is 0 Å². The number of carbonyl (C=O) groups is 1. The van der Waals surface area contributed by atoms with Gasteiger partial charge in [-0.15, -0.1) is 0 Å². The summed E-state index contributed by atoms with van der Waals surface area (Å²) in [5.74, 6) is 1.54. The summed E-state index contributed by atoms with van der Waals surface area (Å²) in [5.41, 5.74) is 1.94. The van der Waals surface area contributed by atoms with Crippen LogP contribution in [-0.4, -0.2) is 22.0 Å². The van der Waals surface area contributed by atoms with Crippen molar-refractivity contribution >= 4 is 17.7 Å². The van der Waals surface area contributed by atoms with E-state index >= 15 is 0 Å². The molecule has 1 aromatic rings. The third-order valence-corrected chi connectivity index (χ3v) is 2.98. The van der Waals surface area contributed by atoms with Crippen molar-refractivity contribution in [3.63, 3.8) is 0 Å². The number of hydrogen-bond acceptors (Lipinski definition) is 4. The number of carboxylic acids is 1. The van der Waals surface area contributed by atoms with Crippen LogP contribution in [0.3, 0.4) is 0 Å². The maximum atomic E-state index is 10.5. The first-order valence-corrected chi connectivity index (χ1v) is 5.18. The van der Waals surface area contributed by atoms with Gasteiger partial charge in [-0.05, 0) is 5.75 Å². The maximum absolute atomic E-state index is 10.5. The Balaban J connectivity index is 2.26. The highest BCUT2D eigenvalue weighted by atomic mass is 32.2. The third-order valence-electron chi connectivity index (χ3n) is 1.99. The molecule has 4 nitrogen and oxygen atoms in total. The summed E-state index contributed by atoms with van der Waals surface area (Å²) in [5, 5.41) is 12.5. The van der Waals surface area contributed by atoms with E-state index in [1.165, 1.54) is 0 Å². The third kappa shape index (κ3) is 1.70. The van der Waals surface area contributed by atoms with Crippen molar-refractivity contribution < 1.29 is 14.4 Å². The molecule has 0 amide bonds. The SMILES string of the molecule is O=C(O)Cc1onc2c1CSCC2. The maximum Gasteiger partial charge on any atom is 0.311 e. The van der Waals surface area contributed by atoms with Gasteiger partial charge in [0.05, 0.1) is 5.69 Å². The van der Waals surface area contributed by atoms with Crippen LogP contribution in [0.25, 0.3) is 0 Å². The van der Waals surface area contributed by atoms with Crippen molar-refractivity contribution in [1.82, 2.24) is 5.16 Å². The van der Waals surface area contributed by atoms with Crippen molar-refractivity contribution in [1.29, 1.82) is 0 Å². The van der Waals surface area contributed by atoms with Gasteiger partial charge in [0, 0.05) is 17.7 Å². The summed E-state index contributed by atoms with van der Waals surface area (Å²) in [4.78, 5) is 10.5. The Morgan fingerprint density at radius 1 is 1.69 bits per heavy atom. The first kappa shape index (κ1) is 8.62. The number of nitrogens with zero attached hydrogens (tertiary/aromatic N) is 1. The summed E-state index contributed by atoms with van der Waals surface area (Å²) in [6.45, 7) is 0. The molecule has 0 fully saturated rings. The number of hydrogen-bond donors (Lipinski definition) is 1. The number of thioether (sulfide) groups is 1. The van der Waals surface area contributed by atoms with Crippen molar-refractivity contribution in [2.75, 3.05) is 5.75 Å². The molecule has 0 aromatic carbocycles. The quantitative estimate of drug-likeness (QED) is 0.772. The fraction of sp³-hybridized carbons (Fsp3) is 0.500. The Hall–Kier alpha value is -0.970. The van der Waals surface area contributed by atoms with Crippen LogP contribution in [0.15, 0.2) is 4.52 Å². The van der Waals surface area contributed by atoms with Gasteiger partial charge < -0.3 is 9.63 Å². The molecule has 2 rings (SSSR count). The van der Waals surface area contributed by atoms with E-state index in [9.17, 15) is 4.79 Å². The lowest BCUT2D eigenvalue weighted by molar-refractivity contribution is -0.136. The molecular weight excluding hydrogens is 190 g/mol. The molecule has 5 heteroatoms. The van der Waals surface area contributed by atoms with Crippen LogP contribution in [0.4, 0.5) is 0 Å². The molecule has 0 aliphatic carbocycles. The lowest BCUT2D eigenvalue weighted by atomic mass is 10.1. The first-order valence-electron chi connectivity index (χ1n) is 4.03. The molecule has 0 saturated carbocycles. The summed E-state index contributed by atoms with van der Waals surface area (Å²) in [6.07, 6.45) is 0.839. The Morgan fingerprint density at radius 3 is 3.31 bits per heavy atom. The molecule has 0 saturated heterocycles. The highest BCUT2D eigenvalue weighted by Crippen LogP contribution is 2.27. The van der Waals surface area contributed by atoms with Gasteiger partial charge in [-0.3, -0.25) is 4.79 Å². The van der Waals surface area contributed by atoms with E-state index in [2.05, 4.69) is 5.16 Å². The van der Waals surface area contributed by atoms with Crippen molar-refractivity contribution in [2.24, 2.45) is 0 Å². The van der Waals surface area contributed by atoms with Gasteiger partial charge in [0.2, 0.25) is 0 Å². The molecule has 0 atom stereocenters. The largest absolute Gasteiger partial charge is 0.481 e. The number of fused-ring (bicyclic) bond motifs is 1. The van der Waals surface area contributed by atoms with Crippen molar-refractivity contribution in [3.05, 3.63) is 17.0 Å². The zero-order chi connectivity index (χ0) is 9.26. The van der Waals surface area contributed by atoms with Gasteiger partial charge in [0.15, 0.2) is 5.76 Å². The molecule has 0 unspecified atom stereocenters. The smallest absolute Gasteiger partial charge is 0.311 e. The van der Waals surface area contributed by atoms with Crippen molar-refractivity contribution in [3.8, 4) is 0 Å². The average molecular weight is 199 g/mol. The zero-order valence-electron chi connectivity index (χ0n) is 6.95. The van der Waals surface area contributed by atoms with E-state index in [4.69, 9.17) is 9.63 Å². The Kier molecular flexibility index (Phi) is 2.26. The van der Waals surface area contributed by atoms with Gasteiger partial charge >= 0.3 is 5.97 Å². The van der Waals surface area contributed by atoms with Crippen molar-refractivity contribution in [2.45, 2.75) is 18.6 Å². The lowest BCUT2D eigenvalue weighted by Gasteiger charge is -2.07. The second kappa shape index (κ2) is 3.41. The van der Waals surface area contributed by atoms with E-state index in [1.54, 1.807) is 11.8 Å². The number of aromatic nitrogens is 1. The van der Waals surface area contributed by atoms with E-state index in [1.807, 2.05) is 0 Å². The minimum Gasteiger partial charge on any atom is -0.481 e. The topological polar surface area (TPSA) is 63.3 Å². The average Bonchev–Trinajstić information content (AvgIpc) is 2.48. The number of aliphatic carboxylic acids is 1. The minimum absolute atomic E-state index is 0.0527. The molecule has 2 heterocycles. The summed E-state index contributed by atoms with van der Waals surface area (Å²) < 4.78 is 4.98. The molecule has 0 bridgehead atoms. The zero-order valence-corrected chi connectivity index (χ0v) is 7.76. The summed E-state index contributed by atoms with van der Waals surface area (Å²) in [7, 11) is 0. The molecule has 1 N–H and O–H groups in total. The molecule has 0 radical (unpaired) electrons. The van der Waals surface area contributed by atoms with E-state index in [0.717, 1.165) is 29.2 Å². The van der Waals surface area contributed by atoms with Crippen LogP contribution < -0.4 is 0 Å². The van der Waals surface area contributed by atoms with Crippen LogP contribution in [0, 0.1) is 0 Å². The van der Waals surface area contributed by atoms with Crippen LogP contribution in [0.2, 0.25) is 0 Å². The molecule has 70 valence electrons. The molecule has 1 aromatic heterocycles. The number of aryl methyl sites for hydroxylation is 1. The van der Waals surface area contributed by atoms with Crippen LogP contribution in [-0.2, 0) is 23.4 Å². The molecule has 13 heavy (non-hydrogen) atoms. The van der Waals surface area contributed by atoms with E-state index in [0.29, 0.717) is 5.76 Å². The Bertz CT molecular complexity index is 334. The van der Waals surface area contributed by atoms with Gasteiger partial charge in [0.1, 0.15) is 6.42 Å². The van der Waals surface area contributed by atoms with Gasteiger partial charge in [-0.25, -0.2) is 0 Å². The van der Waals surface area contributed by atoms with Crippen LogP contribution in [0.5, 0.6) is 0 Å². The predicted octanol–water partition coefficient (Wildman–Crippen LogP) is 1.09. The molecule has 1 aliphatic rings. The van der Waals surface area contributed by atoms with Crippen LogP contribution in [0.1, 0.15) is 17.0 Å². The van der Waals surface area contributed by atoms with E-state index in [-0.39, 0.29) is 6.42 Å². The lowest BCUT2D eigenvalue weighted by Crippen LogP contribution is -2.05. The first-order chi connectivity index (χ1) is 6.27. The fourth-order valence-corrected chi connectivity index (χ4v) is 2.37. The summed E-state index contributed by atoms with van der Waals surface area (Å²) >= 11 is 1.79. The molecule has 1 aliphatic heterocycles. The molecular formula is C8H9NO3S. The highest BCUT2D eigenvalue weighted by molar-refractivity contribution is 7.98. The normalized spacial score (nSPS) is 15.4. The van der Waals surface area contributed by atoms with E-state index < -0.39 is 5.97 Å².